The van der Waals surface area contributed by atoms with Crippen LogP contribution in [0.25, 0.3) is 17.0 Å². The summed E-state index contributed by atoms with van der Waals surface area (Å²) in [6.45, 7) is 3.67. The van der Waals surface area contributed by atoms with Crippen LogP contribution in [0.5, 0.6) is 5.75 Å². The summed E-state index contributed by atoms with van der Waals surface area (Å²) in [5, 5.41) is 6.84. The smallest absolute Gasteiger partial charge is 0.406 e. The first-order valence-corrected chi connectivity index (χ1v) is 10.3. The first-order chi connectivity index (χ1) is 15.6. The third kappa shape index (κ3) is 6.95. The van der Waals surface area contributed by atoms with Crippen LogP contribution in [0.3, 0.4) is 0 Å². The van der Waals surface area contributed by atoms with Crippen LogP contribution in [0.15, 0.2) is 54.6 Å². The molecule has 2 N–H and O–H groups in total. The Bertz CT molecular complexity index is 1140. The Morgan fingerprint density at radius 2 is 1.88 bits per heavy atom. The van der Waals surface area contributed by atoms with Gasteiger partial charge in [0.2, 0.25) is 5.91 Å². The lowest BCUT2D eigenvalue weighted by Crippen LogP contribution is -2.27. The van der Waals surface area contributed by atoms with Gasteiger partial charge in [0.1, 0.15) is 11.6 Å². The molecule has 0 aliphatic carbocycles. The fraction of sp³-hybridized carbons (Fsp3) is 0.250. The van der Waals surface area contributed by atoms with Gasteiger partial charge in [-0.3, -0.25) is 4.79 Å². The number of benzene rings is 2. The number of rotatable bonds is 8. The number of hydrogen-bond donors (Lipinski definition) is 2. The van der Waals surface area contributed by atoms with Crippen molar-refractivity contribution in [3.05, 3.63) is 65.7 Å². The van der Waals surface area contributed by atoms with Gasteiger partial charge in [0.15, 0.2) is 0 Å². The van der Waals surface area contributed by atoms with Gasteiger partial charge in [-0.15, -0.1) is 13.2 Å². The number of nitrogens with zero attached hydrogens (tertiary/aromatic N) is 2. The average Bonchev–Trinajstić information content (AvgIpc) is 2.76. The van der Waals surface area contributed by atoms with Gasteiger partial charge in [0.25, 0.3) is 0 Å². The van der Waals surface area contributed by atoms with E-state index in [4.69, 9.17) is 4.98 Å². The molecule has 174 valence electrons. The molecule has 0 aliphatic rings. The van der Waals surface area contributed by atoms with Crippen molar-refractivity contribution < 1.29 is 22.7 Å². The Hall–Kier alpha value is -3.59. The van der Waals surface area contributed by atoms with E-state index >= 15 is 0 Å². The van der Waals surface area contributed by atoms with E-state index in [1.54, 1.807) is 6.07 Å². The molecule has 0 atom stereocenters. The monoisotopic (exact) mass is 458 g/mol. The number of amides is 1. The van der Waals surface area contributed by atoms with Crippen LogP contribution in [0.1, 0.15) is 11.1 Å². The molecule has 0 unspecified atom stereocenters. The number of aryl methyl sites for hydroxylation is 1. The first-order valence-electron chi connectivity index (χ1n) is 10.3. The number of nitrogens with one attached hydrogen (secondary N) is 2. The van der Waals surface area contributed by atoms with Gasteiger partial charge in [-0.1, -0.05) is 12.1 Å². The fourth-order valence-corrected chi connectivity index (χ4v) is 3.18. The molecule has 0 spiro atoms. The van der Waals surface area contributed by atoms with E-state index in [0.29, 0.717) is 11.3 Å². The summed E-state index contributed by atoms with van der Waals surface area (Å²) in [5.74, 6) is 0.196. The molecule has 1 aromatic heterocycles. The molecule has 0 saturated heterocycles. The molecular weight excluding hydrogens is 433 g/mol. The molecule has 6 nitrogen and oxygen atoms in total. The average molecular weight is 458 g/mol. The minimum Gasteiger partial charge on any atom is -0.406 e. The Balaban J connectivity index is 1.67. The SMILES string of the molecule is CNCCN(C)c1cc(C)c2cc(NC(=O)/C=C/c3ccc(OC(F)(F)F)cc3)ccc2n1. The van der Waals surface area contributed by atoms with Crippen molar-refractivity contribution in [3.8, 4) is 5.75 Å². The highest BCUT2D eigenvalue weighted by atomic mass is 19.4. The van der Waals surface area contributed by atoms with Crippen LogP contribution < -0.4 is 20.3 Å². The van der Waals surface area contributed by atoms with E-state index in [-0.39, 0.29) is 11.7 Å². The van der Waals surface area contributed by atoms with Gasteiger partial charge in [-0.2, -0.15) is 0 Å². The van der Waals surface area contributed by atoms with Gasteiger partial charge in [-0.05, 0) is 67.6 Å². The molecule has 0 bridgehead atoms. The second-order valence-corrected chi connectivity index (χ2v) is 7.49. The van der Waals surface area contributed by atoms with Gasteiger partial charge >= 0.3 is 6.36 Å². The number of anilines is 2. The molecular formula is C24H25F3N4O2. The van der Waals surface area contributed by atoms with E-state index < -0.39 is 6.36 Å². The molecule has 0 radical (unpaired) electrons. The van der Waals surface area contributed by atoms with Crippen molar-refractivity contribution >= 4 is 34.4 Å². The highest BCUT2D eigenvalue weighted by molar-refractivity contribution is 6.03. The van der Waals surface area contributed by atoms with Gasteiger partial charge in [0.05, 0.1) is 5.52 Å². The predicted octanol–water partition coefficient (Wildman–Crippen LogP) is 4.75. The molecule has 1 heterocycles. The zero-order chi connectivity index (χ0) is 24.0. The number of likely N-dealkylation sites (N-methyl/N-ethyl adjacent to an activating group) is 2. The van der Waals surface area contributed by atoms with E-state index in [1.807, 2.05) is 39.2 Å². The Morgan fingerprint density at radius 1 is 1.15 bits per heavy atom. The zero-order valence-corrected chi connectivity index (χ0v) is 18.5. The third-order valence-corrected chi connectivity index (χ3v) is 4.90. The number of halogens is 3. The van der Waals surface area contributed by atoms with Crippen LogP contribution in [0, 0.1) is 6.92 Å². The van der Waals surface area contributed by atoms with Gasteiger partial charge in [0, 0.05) is 37.3 Å². The van der Waals surface area contributed by atoms with E-state index in [1.165, 1.54) is 36.4 Å². The second kappa shape index (κ2) is 10.4. The minimum atomic E-state index is -4.74. The largest absolute Gasteiger partial charge is 0.573 e. The minimum absolute atomic E-state index is 0.319. The maximum absolute atomic E-state index is 12.3. The molecule has 0 saturated carbocycles. The summed E-state index contributed by atoms with van der Waals surface area (Å²) < 4.78 is 40.5. The lowest BCUT2D eigenvalue weighted by Gasteiger charge is -2.19. The summed E-state index contributed by atoms with van der Waals surface area (Å²) in [6, 6.07) is 12.8. The van der Waals surface area contributed by atoms with E-state index in [2.05, 4.69) is 20.3 Å². The molecule has 3 aromatic rings. The number of aromatic nitrogens is 1. The molecule has 1 amide bonds. The normalized spacial score (nSPS) is 11.7. The fourth-order valence-electron chi connectivity index (χ4n) is 3.18. The number of hydrogen-bond acceptors (Lipinski definition) is 5. The maximum Gasteiger partial charge on any atom is 0.573 e. The van der Waals surface area contributed by atoms with Crippen LogP contribution in [-0.2, 0) is 4.79 Å². The first kappa shape index (κ1) is 24.1. The van der Waals surface area contributed by atoms with E-state index in [9.17, 15) is 18.0 Å². The Morgan fingerprint density at radius 3 is 2.55 bits per heavy atom. The summed E-state index contributed by atoms with van der Waals surface area (Å²) in [6.07, 6.45) is -1.92. The molecule has 0 aliphatic heterocycles. The number of carbonyl (C=O) groups is 1. The van der Waals surface area contributed by atoms with Crippen molar-refractivity contribution in [2.24, 2.45) is 0 Å². The summed E-state index contributed by atoms with van der Waals surface area (Å²) in [5.41, 5.74) is 3.05. The summed E-state index contributed by atoms with van der Waals surface area (Å²) in [7, 11) is 3.89. The molecule has 0 fully saturated rings. The van der Waals surface area contributed by atoms with Gasteiger partial charge < -0.3 is 20.3 Å². The summed E-state index contributed by atoms with van der Waals surface area (Å²) in [4.78, 5) is 19.1. The van der Waals surface area contributed by atoms with Crippen LogP contribution in [0.4, 0.5) is 24.7 Å². The van der Waals surface area contributed by atoms with Crippen LogP contribution >= 0.6 is 0 Å². The van der Waals surface area contributed by atoms with Crippen molar-refractivity contribution in [2.75, 3.05) is 37.4 Å². The Kier molecular flexibility index (Phi) is 7.55. The standard InChI is InChI=1S/C24H25F3N4O2/c1-16-14-22(31(3)13-12-28-2)30-21-10-7-18(15-20(16)21)29-23(32)11-6-17-4-8-19(9-5-17)33-24(25,26)27/h4-11,14-15,28H,12-13H2,1-3H3,(H,29,32)/b11-6+. The number of alkyl halides is 3. The quantitative estimate of drug-likeness (QED) is 0.477. The predicted molar refractivity (Wildman–Crippen MR) is 124 cm³/mol. The molecule has 2 aromatic carbocycles. The zero-order valence-electron chi connectivity index (χ0n) is 18.5. The maximum atomic E-state index is 12.3. The lowest BCUT2D eigenvalue weighted by atomic mass is 10.1. The van der Waals surface area contributed by atoms with Gasteiger partial charge in [-0.25, -0.2) is 4.98 Å². The number of pyridine rings is 1. The molecule has 33 heavy (non-hydrogen) atoms. The number of ether oxygens (including phenoxy) is 1. The lowest BCUT2D eigenvalue weighted by molar-refractivity contribution is -0.274. The Labute approximate surface area is 190 Å². The van der Waals surface area contributed by atoms with Crippen LogP contribution in [0.2, 0.25) is 0 Å². The van der Waals surface area contributed by atoms with Crippen molar-refractivity contribution in [2.45, 2.75) is 13.3 Å². The molecule has 3 rings (SSSR count). The van der Waals surface area contributed by atoms with E-state index in [0.717, 1.165) is 35.4 Å². The third-order valence-electron chi connectivity index (χ3n) is 4.90. The molecule has 9 heteroatoms. The second-order valence-electron chi connectivity index (χ2n) is 7.49. The van der Waals surface area contributed by atoms with Crippen molar-refractivity contribution in [3.63, 3.8) is 0 Å². The highest BCUT2D eigenvalue weighted by Gasteiger charge is 2.30. The number of carbonyl (C=O) groups excluding carboxylic acids is 1. The van der Waals surface area contributed by atoms with Crippen molar-refractivity contribution in [1.29, 1.82) is 0 Å². The topological polar surface area (TPSA) is 66.5 Å². The van der Waals surface area contributed by atoms with Crippen molar-refractivity contribution in [1.82, 2.24) is 10.3 Å². The summed E-state index contributed by atoms with van der Waals surface area (Å²) >= 11 is 0. The van der Waals surface area contributed by atoms with Crippen LogP contribution in [-0.4, -0.2) is 44.4 Å². The highest BCUT2D eigenvalue weighted by Crippen LogP contribution is 2.25. The number of fused-ring (bicyclic) bond motifs is 1.